The maximum absolute atomic E-state index is 15.3. The Kier molecular flexibility index (Phi) is 7.58. The fourth-order valence-electron chi connectivity index (χ4n) is 4.02. The van der Waals surface area contributed by atoms with E-state index in [1.54, 1.807) is 0 Å². The van der Waals surface area contributed by atoms with Crippen LogP contribution in [-0.4, -0.2) is 22.0 Å². The molecule has 0 unspecified atom stereocenters. The van der Waals surface area contributed by atoms with E-state index in [0.717, 1.165) is 19.1 Å². The summed E-state index contributed by atoms with van der Waals surface area (Å²) in [4.78, 5) is 29.6. The Hall–Kier alpha value is -3.74. The molecular weight excluding hydrogens is 523 g/mol. The molecular formula is C25H20F7N3O3. The van der Waals surface area contributed by atoms with E-state index in [4.69, 9.17) is 4.74 Å². The largest absolute Gasteiger partial charge is 0.417 e. The SMILES string of the molecule is Cc1nc(-c2c(C(F)(F)F)ccc(CNC(=O)C3CC(OCc4cccc(F)c4F)C3)c2F)[nH]c(=O)c1F. The van der Waals surface area contributed by atoms with Crippen molar-refractivity contribution >= 4 is 5.91 Å². The van der Waals surface area contributed by atoms with Crippen LogP contribution in [0.4, 0.5) is 30.7 Å². The number of carbonyl (C=O) groups excluding carboxylic acids is 1. The van der Waals surface area contributed by atoms with Gasteiger partial charge in [-0.3, -0.25) is 9.59 Å². The third kappa shape index (κ3) is 5.57. The number of nitrogens with zero attached hydrogens (tertiary/aromatic N) is 1. The van der Waals surface area contributed by atoms with Crippen molar-refractivity contribution in [2.24, 2.45) is 5.92 Å². The van der Waals surface area contributed by atoms with Gasteiger partial charge in [0.25, 0.3) is 5.56 Å². The maximum atomic E-state index is 15.3. The molecule has 1 aromatic heterocycles. The van der Waals surface area contributed by atoms with Gasteiger partial charge in [-0.15, -0.1) is 0 Å². The third-order valence-electron chi connectivity index (χ3n) is 6.22. The molecule has 38 heavy (non-hydrogen) atoms. The van der Waals surface area contributed by atoms with Crippen molar-refractivity contribution in [2.45, 2.75) is 45.2 Å². The van der Waals surface area contributed by atoms with Gasteiger partial charge < -0.3 is 15.0 Å². The van der Waals surface area contributed by atoms with E-state index in [1.165, 1.54) is 12.1 Å². The van der Waals surface area contributed by atoms with Crippen LogP contribution in [0.5, 0.6) is 0 Å². The Morgan fingerprint density at radius 1 is 1.05 bits per heavy atom. The van der Waals surface area contributed by atoms with E-state index in [1.807, 2.05) is 4.98 Å². The zero-order chi connectivity index (χ0) is 27.8. The molecule has 1 amide bonds. The molecule has 0 saturated heterocycles. The van der Waals surface area contributed by atoms with Crippen LogP contribution in [0.15, 0.2) is 35.1 Å². The second-order valence-corrected chi connectivity index (χ2v) is 8.81. The second kappa shape index (κ2) is 10.6. The minimum atomic E-state index is -5.02. The zero-order valence-corrected chi connectivity index (χ0v) is 19.7. The number of aromatic nitrogens is 2. The zero-order valence-electron chi connectivity index (χ0n) is 19.7. The van der Waals surface area contributed by atoms with Gasteiger partial charge >= 0.3 is 6.18 Å². The summed E-state index contributed by atoms with van der Waals surface area (Å²) in [6, 6.07) is 5.10. The smallest absolute Gasteiger partial charge is 0.373 e. The van der Waals surface area contributed by atoms with E-state index in [2.05, 4.69) is 10.3 Å². The number of benzene rings is 2. The average Bonchev–Trinajstić information content (AvgIpc) is 2.82. The standard InChI is InChI=1S/C25H20F7N3O3/c1-11-19(27)24(37)35-22(34-11)18-16(25(30,31)32)6-5-12(21(18)29)9-33-23(36)14-7-15(8-14)38-10-13-3-2-4-17(26)20(13)28/h2-6,14-15H,7-10H2,1H3,(H,33,36)(H,34,35,37). The summed E-state index contributed by atoms with van der Waals surface area (Å²) in [6.07, 6.45) is -4.91. The molecule has 3 aromatic rings. The van der Waals surface area contributed by atoms with E-state index >= 15 is 4.39 Å². The monoisotopic (exact) mass is 543 g/mol. The van der Waals surface area contributed by atoms with Crippen molar-refractivity contribution in [3.8, 4) is 11.4 Å². The van der Waals surface area contributed by atoms with Crippen LogP contribution in [0.3, 0.4) is 0 Å². The maximum Gasteiger partial charge on any atom is 0.417 e. The van der Waals surface area contributed by atoms with Gasteiger partial charge in [0.15, 0.2) is 11.6 Å². The van der Waals surface area contributed by atoms with Crippen molar-refractivity contribution in [2.75, 3.05) is 0 Å². The number of halogens is 7. The van der Waals surface area contributed by atoms with Crippen LogP contribution in [-0.2, 0) is 28.9 Å². The summed E-state index contributed by atoms with van der Waals surface area (Å²) in [5.74, 6) is -6.57. The lowest BCUT2D eigenvalue weighted by atomic mass is 9.81. The number of aromatic amines is 1. The molecule has 0 bridgehead atoms. The Morgan fingerprint density at radius 2 is 1.76 bits per heavy atom. The number of hydrogen-bond donors (Lipinski definition) is 2. The highest BCUT2D eigenvalue weighted by atomic mass is 19.4. The highest BCUT2D eigenvalue weighted by Crippen LogP contribution is 2.38. The number of nitrogens with one attached hydrogen (secondary N) is 2. The second-order valence-electron chi connectivity index (χ2n) is 8.81. The fraction of sp³-hybridized carbons (Fsp3) is 0.320. The van der Waals surface area contributed by atoms with Crippen LogP contribution in [0.25, 0.3) is 11.4 Å². The lowest BCUT2D eigenvalue weighted by Gasteiger charge is -2.34. The van der Waals surface area contributed by atoms with E-state index in [-0.39, 0.29) is 30.6 Å². The summed E-state index contributed by atoms with van der Waals surface area (Å²) < 4.78 is 102. The summed E-state index contributed by atoms with van der Waals surface area (Å²) in [6.45, 7) is 0.380. The Labute approximate surface area is 210 Å². The van der Waals surface area contributed by atoms with Crippen molar-refractivity contribution in [3.05, 3.63) is 86.3 Å². The predicted octanol–water partition coefficient (Wildman–Crippen LogP) is 4.93. The lowest BCUT2D eigenvalue weighted by Crippen LogP contribution is -2.42. The number of amides is 1. The van der Waals surface area contributed by atoms with Gasteiger partial charge in [-0.1, -0.05) is 18.2 Å². The fourth-order valence-corrected chi connectivity index (χ4v) is 4.02. The van der Waals surface area contributed by atoms with Crippen LogP contribution in [0, 0.1) is 36.1 Å². The molecule has 2 aromatic carbocycles. The first-order valence-corrected chi connectivity index (χ1v) is 11.3. The first-order valence-electron chi connectivity index (χ1n) is 11.3. The molecule has 1 saturated carbocycles. The number of hydrogen-bond acceptors (Lipinski definition) is 4. The minimum Gasteiger partial charge on any atom is -0.373 e. The van der Waals surface area contributed by atoms with Crippen LogP contribution >= 0.6 is 0 Å². The molecule has 0 aliphatic heterocycles. The first-order chi connectivity index (χ1) is 17.9. The third-order valence-corrected chi connectivity index (χ3v) is 6.22. The number of carbonyl (C=O) groups is 1. The molecule has 13 heteroatoms. The van der Waals surface area contributed by atoms with Crippen molar-refractivity contribution in [1.29, 1.82) is 0 Å². The predicted molar refractivity (Wildman–Crippen MR) is 119 cm³/mol. The van der Waals surface area contributed by atoms with Crippen molar-refractivity contribution in [1.82, 2.24) is 15.3 Å². The topological polar surface area (TPSA) is 84.1 Å². The molecule has 1 aliphatic carbocycles. The van der Waals surface area contributed by atoms with Gasteiger partial charge in [-0.05, 0) is 31.9 Å². The number of alkyl halides is 3. The number of H-pyrrole nitrogens is 1. The van der Waals surface area contributed by atoms with Crippen LogP contribution in [0.2, 0.25) is 0 Å². The Balaban J connectivity index is 1.43. The molecule has 202 valence electrons. The van der Waals surface area contributed by atoms with Crippen molar-refractivity contribution < 1.29 is 40.3 Å². The molecule has 0 atom stereocenters. The average molecular weight is 543 g/mol. The first kappa shape index (κ1) is 27.3. The number of aryl methyl sites for hydroxylation is 1. The summed E-state index contributed by atoms with van der Waals surface area (Å²) >= 11 is 0. The highest BCUT2D eigenvalue weighted by molar-refractivity contribution is 5.79. The number of ether oxygens (including phenoxy) is 1. The molecule has 0 spiro atoms. The Bertz CT molecular complexity index is 1430. The highest BCUT2D eigenvalue weighted by Gasteiger charge is 2.38. The molecule has 6 nitrogen and oxygen atoms in total. The number of rotatable bonds is 7. The van der Waals surface area contributed by atoms with Crippen LogP contribution < -0.4 is 10.9 Å². The molecule has 1 aliphatic rings. The molecule has 0 radical (unpaired) electrons. The van der Waals surface area contributed by atoms with E-state index in [9.17, 15) is 35.9 Å². The van der Waals surface area contributed by atoms with Gasteiger partial charge in [-0.2, -0.15) is 17.6 Å². The normalized spacial score (nSPS) is 17.3. The van der Waals surface area contributed by atoms with Crippen molar-refractivity contribution in [3.63, 3.8) is 0 Å². The summed E-state index contributed by atoms with van der Waals surface area (Å²) in [7, 11) is 0. The summed E-state index contributed by atoms with van der Waals surface area (Å²) in [5, 5.41) is 2.44. The van der Waals surface area contributed by atoms with Gasteiger partial charge in [0.05, 0.1) is 29.5 Å². The molecule has 1 fully saturated rings. The van der Waals surface area contributed by atoms with E-state index in [0.29, 0.717) is 6.07 Å². The van der Waals surface area contributed by atoms with Gasteiger partial charge in [0, 0.05) is 23.6 Å². The minimum absolute atomic E-state index is 0.0265. The van der Waals surface area contributed by atoms with Gasteiger partial charge in [-0.25, -0.2) is 18.2 Å². The van der Waals surface area contributed by atoms with Gasteiger partial charge in [0.2, 0.25) is 11.7 Å². The molecule has 1 heterocycles. The molecule has 4 rings (SSSR count). The summed E-state index contributed by atoms with van der Waals surface area (Å²) in [5.41, 5.74) is -4.69. The quantitative estimate of drug-likeness (QED) is 0.414. The van der Waals surface area contributed by atoms with Crippen LogP contribution in [0.1, 0.15) is 35.2 Å². The van der Waals surface area contributed by atoms with Gasteiger partial charge in [0.1, 0.15) is 11.6 Å². The lowest BCUT2D eigenvalue weighted by molar-refractivity contribution is -0.137. The molecule has 2 N–H and O–H groups in total. The van der Waals surface area contributed by atoms with E-state index < -0.39 is 82.1 Å². The Morgan fingerprint density at radius 3 is 2.42 bits per heavy atom.